The predicted octanol–water partition coefficient (Wildman–Crippen LogP) is 3.89. The average Bonchev–Trinajstić information content (AvgIpc) is 3.05. The van der Waals surface area contributed by atoms with E-state index >= 15 is 0 Å². The highest BCUT2D eigenvalue weighted by atomic mass is 16.6. The summed E-state index contributed by atoms with van der Waals surface area (Å²) >= 11 is 0. The summed E-state index contributed by atoms with van der Waals surface area (Å²) in [5.41, 5.74) is 1.51. The van der Waals surface area contributed by atoms with Crippen molar-refractivity contribution in [2.45, 2.75) is 6.92 Å². The summed E-state index contributed by atoms with van der Waals surface area (Å²) in [6.45, 7) is 2.96. The number of benzene rings is 1. The highest BCUT2D eigenvalue weighted by Crippen LogP contribution is 2.30. The zero-order chi connectivity index (χ0) is 15.4. The first kappa shape index (κ1) is 14.2. The second-order valence-corrected chi connectivity index (χ2v) is 4.96. The molecule has 4 heteroatoms. The molecule has 0 fully saturated rings. The highest BCUT2D eigenvalue weighted by Gasteiger charge is 2.13. The van der Waals surface area contributed by atoms with Crippen molar-refractivity contribution in [3.63, 3.8) is 0 Å². The van der Waals surface area contributed by atoms with Crippen molar-refractivity contribution < 1.29 is 18.7 Å². The van der Waals surface area contributed by atoms with E-state index in [9.17, 15) is 4.79 Å². The number of hydrogen-bond donors (Lipinski definition) is 0. The number of furan rings is 1. The fraction of sp³-hybridized carbons (Fsp3) is 0.167. The Morgan fingerprint density at radius 2 is 1.91 bits per heavy atom. The summed E-state index contributed by atoms with van der Waals surface area (Å²) in [4.78, 5) is 12.2. The lowest BCUT2D eigenvalue weighted by molar-refractivity contribution is 0.104. The maximum Gasteiger partial charge on any atom is 0.185 e. The van der Waals surface area contributed by atoms with E-state index < -0.39 is 0 Å². The normalized spacial score (nSPS) is 14.3. The summed E-state index contributed by atoms with van der Waals surface area (Å²) in [5, 5.41) is 0. The van der Waals surface area contributed by atoms with Crippen molar-refractivity contribution in [3.05, 3.63) is 65.6 Å². The van der Waals surface area contributed by atoms with Crippen molar-refractivity contribution in [2.24, 2.45) is 0 Å². The lowest BCUT2D eigenvalue weighted by atomic mass is 10.1. The van der Waals surface area contributed by atoms with Gasteiger partial charge in [-0.1, -0.05) is 6.08 Å². The van der Waals surface area contributed by atoms with Crippen LogP contribution in [0.25, 0.3) is 6.08 Å². The molecule has 0 N–H and O–H groups in total. The van der Waals surface area contributed by atoms with E-state index in [-0.39, 0.29) is 5.78 Å². The van der Waals surface area contributed by atoms with Crippen LogP contribution in [0, 0.1) is 0 Å². The van der Waals surface area contributed by atoms with Gasteiger partial charge in [-0.2, -0.15) is 0 Å². The molecule has 4 nitrogen and oxygen atoms in total. The van der Waals surface area contributed by atoms with E-state index in [4.69, 9.17) is 13.9 Å². The van der Waals surface area contributed by atoms with Crippen LogP contribution < -0.4 is 9.47 Å². The van der Waals surface area contributed by atoms with Crippen LogP contribution in [-0.4, -0.2) is 19.0 Å². The molecule has 1 aliphatic rings. The van der Waals surface area contributed by atoms with Gasteiger partial charge in [-0.05, 0) is 55.0 Å². The molecule has 3 rings (SSSR count). The van der Waals surface area contributed by atoms with Gasteiger partial charge in [0.1, 0.15) is 19.0 Å². The molecule has 0 radical (unpaired) electrons. The Morgan fingerprint density at radius 1 is 1.09 bits per heavy atom. The summed E-state index contributed by atoms with van der Waals surface area (Å²) in [7, 11) is 0. The van der Waals surface area contributed by atoms with E-state index in [1.165, 1.54) is 0 Å². The van der Waals surface area contributed by atoms with Crippen LogP contribution in [0.15, 0.2) is 58.7 Å². The van der Waals surface area contributed by atoms with Crippen molar-refractivity contribution >= 4 is 11.9 Å². The highest BCUT2D eigenvalue weighted by molar-refractivity contribution is 6.05. The monoisotopic (exact) mass is 296 g/mol. The Bertz CT molecular complexity index is 724. The Kier molecular flexibility index (Phi) is 4.10. The second-order valence-electron chi connectivity index (χ2n) is 4.96. The largest absolute Gasteiger partial charge is 0.486 e. The minimum Gasteiger partial charge on any atom is -0.486 e. The van der Waals surface area contributed by atoms with E-state index in [0.29, 0.717) is 30.3 Å². The number of rotatable bonds is 4. The molecular weight excluding hydrogens is 280 g/mol. The van der Waals surface area contributed by atoms with Crippen molar-refractivity contribution in [3.8, 4) is 11.5 Å². The average molecular weight is 296 g/mol. The van der Waals surface area contributed by atoms with Crippen LogP contribution in [0.1, 0.15) is 23.0 Å². The zero-order valence-corrected chi connectivity index (χ0v) is 12.2. The molecule has 0 aliphatic carbocycles. The molecule has 1 aromatic carbocycles. The standard InChI is InChI=1S/C18H16O4/c1-13(11-15-3-2-8-20-15)4-6-16(19)14-5-7-17-18(12-14)22-10-9-21-17/h2-8,11-12H,9-10H2,1H3/b6-4+,13-11+. The number of ketones is 1. The third-order valence-corrected chi connectivity index (χ3v) is 3.24. The topological polar surface area (TPSA) is 48.7 Å². The number of fused-ring (bicyclic) bond motifs is 1. The zero-order valence-electron chi connectivity index (χ0n) is 12.2. The molecule has 0 unspecified atom stereocenters. The van der Waals surface area contributed by atoms with Crippen molar-refractivity contribution in [2.75, 3.05) is 13.2 Å². The third kappa shape index (κ3) is 3.28. The molecule has 2 heterocycles. The number of allylic oxidation sites excluding steroid dienone is 3. The van der Waals surface area contributed by atoms with Gasteiger partial charge in [0.25, 0.3) is 0 Å². The molecule has 0 atom stereocenters. The van der Waals surface area contributed by atoms with Crippen LogP contribution >= 0.6 is 0 Å². The van der Waals surface area contributed by atoms with Gasteiger partial charge in [-0.25, -0.2) is 0 Å². The van der Waals surface area contributed by atoms with Gasteiger partial charge in [0.15, 0.2) is 17.3 Å². The maximum atomic E-state index is 12.2. The van der Waals surface area contributed by atoms with E-state index in [1.54, 1.807) is 36.6 Å². The van der Waals surface area contributed by atoms with Crippen molar-refractivity contribution in [1.29, 1.82) is 0 Å². The third-order valence-electron chi connectivity index (χ3n) is 3.24. The maximum absolute atomic E-state index is 12.2. The summed E-state index contributed by atoms with van der Waals surface area (Å²) in [6.07, 6.45) is 6.79. The van der Waals surface area contributed by atoms with Gasteiger partial charge in [-0.3, -0.25) is 4.79 Å². The van der Waals surface area contributed by atoms with Crippen LogP contribution in [0.5, 0.6) is 11.5 Å². The fourth-order valence-electron chi connectivity index (χ4n) is 2.15. The van der Waals surface area contributed by atoms with Crippen LogP contribution in [0.3, 0.4) is 0 Å². The lowest BCUT2D eigenvalue weighted by Gasteiger charge is -2.18. The van der Waals surface area contributed by atoms with Crippen LogP contribution in [-0.2, 0) is 0 Å². The smallest absolute Gasteiger partial charge is 0.185 e. The molecule has 112 valence electrons. The fourth-order valence-corrected chi connectivity index (χ4v) is 2.15. The summed E-state index contributed by atoms with van der Waals surface area (Å²) in [6, 6.07) is 8.91. The molecule has 22 heavy (non-hydrogen) atoms. The predicted molar refractivity (Wildman–Crippen MR) is 83.3 cm³/mol. The molecular formula is C18H16O4. The van der Waals surface area contributed by atoms with Crippen LogP contribution in [0.4, 0.5) is 0 Å². The molecule has 0 amide bonds. The second kappa shape index (κ2) is 6.35. The minimum atomic E-state index is -0.0795. The van der Waals surface area contributed by atoms with Gasteiger partial charge < -0.3 is 13.9 Å². The number of ether oxygens (including phenoxy) is 2. The minimum absolute atomic E-state index is 0.0795. The van der Waals surface area contributed by atoms with E-state index in [0.717, 1.165) is 11.3 Å². The Labute approximate surface area is 128 Å². The molecule has 0 spiro atoms. The molecule has 2 aromatic rings. The summed E-state index contributed by atoms with van der Waals surface area (Å²) in [5.74, 6) is 1.98. The van der Waals surface area contributed by atoms with Gasteiger partial charge in [0, 0.05) is 5.56 Å². The van der Waals surface area contributed by atoms with Gasteiger partial charge in [0.2, 0.25) is 0 Å². The summed E-state index contributed by atoms with van der Waals surface area (Å²) < 4.78 is 16.2. The molecule has 1 aliphatic heterocycles. The van der Waals surface area contributed by atoms with E-state index in [2.05, 4.69) is 0 Å². The number of carbonyl (C=O) groups is 1. The van der Waals surface area contributed by atoms with Crippen molar-refractivity contribution in [1.82, 2.24) is 0 Å². The lowest BCUT2D eigenvalue weighted by Crippen LogP contribution is -2.15. The van der Waals surface area contributed by atoms with E-state index in [1.807, 2.05) is 25.1 Å². The first-order chi connectivity index (χ1) is 10.7. The molecule has 0 saturated heterocycles. The number of hydrogen-bond acceptors (Lipinski definition) is 4. The van der Waals surface area contributed by atoms with Gasteiger partial charge >= 0.3 is 0 Å². The first-order valence-electron chi connectivity index (χ1n) is 7.06. The molecule has 0 saturated carbocycles. The number of carbonyl (C=O) groups excluding carboxylic acids is 1. The quantitative estimate of drug-likeness (QED) is 0.488. The van der Waals surface area contributed by atoms with Gasteiger partial charge in [0.05, 0.1) is 6.26 Å². The Morgan fingerprint density at radius 3 is 2.68 bits per heavy atom. The van der Waals surface area contributed by atoms with Crippen LogP contribution in [0.2, 0.25) is 0 Å². The molecule has 0 bridgehead atoms. The Hall–Kier alpha value is -2.75. The Balaban J connectivity index is 1.73. The SMILES string of the molecule is CC(/C=C/C(=O)c1ccc2c(c1)OCCO2)=C\c1ccco1. The first-order valence-corrected chi connectivity index (χ1v) is 7.06. The van der Waals surface area contributed by atoms with Gasteiger partial charge in [-0.15, -0.1) is 0 Å². The molecule has 1 aromatic heterocycles.